The smallest absolute Gasteiger partial charge is 0.258 e. The highest BCUT2D eigenvalue weighted by atomic mass is 35.5. The first-order chi connectivity index (χ1) is 12.2. The van der Waals surface area contributed by atoms with Crippen LogP contribution in [0.4, 0.5) is 8.78 Å². The Bertz CT molecular complexity index is 891. The molecule has 0 spiro atoms. The molecule has 0 bridgehead atoms. The number of benzene rings is 2. The van der Waals surface area contributed by atoms with Crippen molar-refractivity contribution in [3.8, 4) is 0 Å². The maximum Gasteiger partial charge on any atom is 0.258 e. The van der Waals surface area contributed by atoms with Gasteiger partial charge in [-0.3, -0.25) is 4.90 Å². The van der Waals surface area contributed by atoms with Crippen LogP contribution in [0.3, 0.4) is 0 Å². The van der Waals surface area contributed by atoms with Crippen molar-refractivity contribution < 1.29 is 8.78 Å². The second-order valence-corrected chi connectivity index (χ2v) is 6.60. The maximum absolute atomic E-state index is 13.9. The minimum atomic E-state index is -2.39. The van der Waals surface area contributed by atoms with E-state index in [2.05, 4.69) is 28.9 Å². The second kappa shape index (κ2) is 9.20. The fraction of sp³-hybridized carbons (Fsp3) is 0.400. The van der Waals surface area contributed by atoms with E-state index in [-0.39, 0.29) is 24.8 Å². The van der Waals surface area contributed by atoms with Gasteiger partial charge in [0.25, 0.3) is 6.43 Å². The van der Waals surface area contributed by atoms with Gasteiger partial charge in [-0.25, -0.2) is 8.78 Å². The lowest BCUT2D eigenvalue weighted by Crippen LogP contribution is -2.46. The lowest BCUT2D eigenvalue weighted by atomic mass is 10.0. The lowest BCUT2D eigenvalue weighted by molar-refractivity contribution is 0.0182. The van der Waals surface area contributed by atoms with E-state index in [1.54, 1.807) is 0 Å². The summed E-state index contributed by atoms with van der Waals surface area (Å²) in [5.41, 5.74) is 2.98. The molecule has 1 aromatic heterocycles. The monoisotopic (exact) mass is 415 g/mol. The average Bonchev–Trinajstić information content (AvgIpc) is 2.96. The Hall–Kier alpha value is -1.40. The molecule has 3 aromatic rings. The minimum absolute atomic E-state index is 0. The van der Waals surface area contributed by atoms with Gasteiger partial charge in [-0.2, -0.15) is 0 Å². The van der Waals surface area contributed by atoms with E-state index >= 15 is 0 Å². The molecule has 2 heterocycles. The zero-order valence-electron chi connectivity index (χ0n) is 15.2. The van der Waals surface area contributed by atoms with Gasteiger partial charge < -0.3 is 9.88 Å². The molecular weight excluding hydrogens is 391 g/mol. The molecule has 1 aliphatic heterocycles. The highest BCUT2D eigenvalue weighted by molar-refractivity contribution is 6.08. The van der Waals surface area contributed by atoms with E-state index in [1.165, 1.54) is 0 Å². The van der Waals surface area contributed by atoms with Crippen LogP contribution < -0.4 is 5.32 Å². The Balaban J connectivity index is 0.00000131. The first kappa shape index (κ1) is 21.9. The number of aromatic nitrogens is 1. The molecule has 1 atom stereocenters. The van der Waals surface area contributed by atoms with Crippen LogP contribution in [0, 0.1) is 0 Å². The average molecular weight is 416 g/mol. The number of rotatable bonds is 4. The van der Waals surface area contributed by atoms with Gasteiger partial charge in [0.2, 0.25) is 0 Å². The first-order valence-electron chi connectivity index (χ1n) is 8.94. The first-order valence-corrected chi connectivity index (χ1v) is 8.94. The third-order valence-corrected chi connectivity index (χ3v) is 5.24. The number of piperazine rings is 1. The largest absolute Gasteiger partial charge is 0.341 e. The summed E-state index contributed by atoms with van der Waals surface area (Å²) in [7, 11) is 0. The fourth-order valence-corrected chi connectivity index (χ4v) is 4.07. The molecule has 4 rings (SSSR count). The van der Waals surface area contributed by atoms with Crippen LogP contribution in [0.1, 0.15) is 18.5 Å². The molecule has 0 saturated carbocycles. The summed E-state index contributed by atoms with van der Waals surface area (Å²) >= 11 is 0. The Morgan fingerprint density at radius 2 is 1.63 bits per heavy atom. The highest BCUT2D eigenvalue weighted by Gasteiger charge is 2.30. The Labute approximate surface area is 170 Å². The number of nitrogens with zero attached hydrogens (tertiary/aromatic N) is 2. The van der Waals surface area contributed by atoms with Crippen LogP contribution in [0.2, 0.25) is 0 Å². The number of halogens is 4. The number of hydrogen-bond donors (Lipinski definition) is 1. The maximum atomic E-state index is 13.9. The van der Waals surface area contributed by atoms with Crippen molar-refractivity contribution in [1.29, 1.82) is 0 Å². The van der Waals surface area contributed by atoms with Gasteiger partial charge in [0.05, 0.1) is 6.04 Å². The van der Waals surface area contributed by atoms with E-state index in [9.17, 15) is 8.78 Å². The van der Waals surface area contributed by atoms with Crippen molar-refractivity contribution in [2.24, 2.45) is 0 Å². The quantitative estimate of drug-likeness (QED) is 0.655. The Kier molecular flexibility index (Phi) is 7.46. The Morgan fingerprint density at radius 3 is 2.30 bits per heavy atom. The van der Waals surface area contributed by atoms with Gasteiger partial charge in [-0.05, 0) is 30.7 Å². The van der Waals surface area contributed by atoms with Crippen LogP contribution in [0.25, 0.3) is 21.8 Å². The SMILES string of the molecule is CCn1c2ccccc2c2cc([C@@H](C(F)F)N3CCNCC3)ccc21.Cl.Cl. The van der Waals surface area contributed by atoms with Gasteiger partial charge in [0.1, 0.15) is 0 Å². The second-order valence-electron chi connectivity index (χ2n) is 6.60. The molecule has 0 radical (unpaired) electrons. The molecule has 27 heavy (non-hydrogen) atoms. The van der Waals surface area contributed by atoms with Crippen LogP contribution in [0.15, 0.2) is 42.5 Å². The molecule has 1 aliphatic rings. The lowest BCUT2D eigenvalue weighted by Gasteiger charge is -2.34. The fourth-order valence-electron chi connectivity index (χ4n) is 4.07. The molecule has 7 heteroatoms. The number of alkyl halides is 2. The number of aryl methyl sites for hydroxylation is 1. The summed E-state index contributed by atoms with van der Waals surface area (Å²) < 4.78 is 30.0. The van der Waals surface area contributed by atoms with Gasteiger partial charge >= 0.3 is 0 Å². The summed E-state index contributed by atoms with van der Waals surface area (Å²) in [6, 6.07) is 13.2. The topological polar surface area (TPSA) is 20.2 Å². The van der Waals surface area contributed by atoms with E-state index in [0.717, 1.165) is 41.4 Å². The molecule has 1 N–H and O–H groups in total. The summed E-state index contributed by atoms with van der Waals surface area (Å²) in [4.78, 5) is 1.90. The van der Waals surface area contributed by atoms with E-state index < -0.39 is 12.5 Å². The number of fused-ring (bicyclic) bond motifs is 3. The van der Waals surface area contributed by atoms with Crippen molar-refractivity contribution in [1.82, 2.24) is 14.8 Å². The predicted octanol–water partition coefficient (Wildman–Crippen LogP) is 4.87. The molecule has 0 amide bonds. The van der Waals surface area contributed by atoms with Crippen molar-refractivity contribution in [3.63, 3.8) is 0 Å². The van der Waals surface area contributed by atoms with Gasteiger partial charge in [0.15, 0.2) is 0 Å². The standard InChI is InChI=1S/C20H23F2N3.2ClH/c1-2-25-17-6-4-3-5-15(17)16-13-14(7-8-18(16)25)19(20(21)22)24-11-9-23-10-12-24;;/h3-8,13,19-20,23H,2,9-12H2,1H3;2*1H/t19-;;/m0../s1. The zero-order chi connectivity index (χ0) is 17.4. The summed E-state index contributed by atoms with van der Waals surface area (Å²) in [6.45, 7) is 5.82. The molecule has 1 saturated heterocycles. The molecule has 3 nitrogen and oxygen atoms in total. The predicted molar refractivity (Wildman–Crippen MR) is 113 cm³/mol. The molecule has 1 fully saturated rings. The normalized spacial score (nSPS) is 16.3. The number of hydrogen-bond acceptors (Lipinski definition) is 2. The van der Waals surface area contributed by atoms with E-state index in [4.69, 9.17) is 0 Å². The van der Waals surface area contributed by atoms with Crippen molar-refractivity contribution in [2.45, 2.75) is 25.9 Å². The number of nitrogens with one attached hydrogen (secondary N) is 1. The van der Waals surface area contributed by atoms with Gasteiger partial charge in [0, 0.05) is 54.5 Å². The summed E-state index contributed by atoms with van der Waals surface area (Å²) in [6.07, 6.45) is -2.39. The molecular formula is C20H25Cl2F2N3. The molecule has 2 aromatic carbocycles. The summed E-state index contributed by atoms with van der Waals surface area (Å²) in [5, 5.41) is 5.43. The third kappa shape index (κ3) is 3.92. The molecule has 0 unspecified atom stereocenters. The van der Waals surface area contributed by atoms with Crippen molar-refractivity contribution in [2.75, 3.05) is 26.2 Å². The molecule has 148 valence electrons. The van der Waals surface area contributed by atoms with Crippen LogP contribution >= 0.6 is 24.8 Å². The molecule has 0 aliphatic carbocycles. The minimum Gasteiger partial charge on any atom is -0.341 e. The number of para-hydroxylation sites is 1. The van der Waals surface area contributed by atoms with Gasteiger partial charge in [-0.1, -0.05) is 24.3 Å². The van der Waals surface area contributed by atoms with Crippen molar-refractivity contribution in [3.05, 3.63) is 48.0 Å². The van der Waals surface area contributed by atoms with Gasteiger partial charge in [-0.15, -0.1) is 24.8 Å². The van der Waals surface area contributed by atoms with E-state index in [1.807, 2.05) is 35.2 Å². The van der Waals surface area contributed by atoms with E-state index in [0.29, 0.717) is 18.7 Å². The van der Waals surface area contributed by atoms with Crippen LogP contribution in [-0.2, 0) is 6.54 Å². The zero-order valence-corrected chi connectivity index (χ0v) is 16.8. The highest BCUT2D eigenvalue weighted by Crippen LogP contribution is 2.34. The Morgan fingerprint density at radius 1 is 0.963 bits per heavy atom. The summed E-state index contributed by atoms with van der Waals surface area (Å²) in [5.74, 6) is 0. The third-order valence-electron chi connectivity index (χ3n) is 5.24. The van der Waals surface area contributed by atoms with Crippen molar-refractivity contribution >= 4 is 46.6 Å². The van der Waals surface area contributed by atoms with Crippen LogP contribution in [0.5, 0.6) is 0 Å². The van der Waals surface area contributed by atoms with Crippen LogP contribution in [-0.4, -0.2) is 42.1 Å².